The van der Waals surface area contributed by atoms with Crippen LogP contribution in [0.4, 0.5) is 0 Å². The normalized spacial score (nSPS) is 10.9. The van der Waals surface area contributed by atoms with Gasteiger partial charge in [0.1, 0.15) is 5.75 Å². The maximum absolute atomic E-state index is 12.4. The maximum Gasteiger partial charge on any atom is 0.345 e. The van der Waals surface area contributed by atoms with Crippen molar-refractivity contribution in [3.63, 3.8) is 0 Å². The van der Waals surface area contributed by atoms with Gasteiger partial charge in [-0.15, -0.1) is 0 Å². The van der Waals surface area contributed by atoms with Gasteiger partial charge in [-0.05, 0) is 46.5 Å². The molecule has 0 saturated carbocycles. The molecule has 0 fully saturated rings. The van der Waals surface area contributed by atoms with Gasteiger partial charge in [-0.3, -0.25) is 0 Å². The SMILES string of the molecule is O=C(Oc1cccc2cc3ccccc3cc12)c1ccccc1Cl. The minimum atomic E-state index is -0.457. The molecule has 116 valence electrons. The van der Waals surface area contributed by atoms with Crippen LogP contribution in [0.5, 0.6) is 5.75 Å². The zero-order chi connectivity index (χ0) is 16.5. The van der Waals surface area contributed by atoms with Gasteiger partial charge in [-0.25, -0.2) is 4.79 Å². The van der Waals surface area contributed by atoms with Crippen molar-refractivity contribution in [2.24, 2.45) is 0 Å². The lowest BCUT2D eigenvalue weighted by atomic mass is 10.0. The third kappa shape index (κ3) is 2.61. The van der Waals surface area contributed by atoms with Gasteiger partial charge >= 0.3 is 5.97 Å². The predicted molar refractivity (Wildman–Crippen MR) is 97.9 cm³/mol. The molecule has 0 atom stereocenters. The van der Waals surface area contributed by atoms with E-state index in [0.717, 1.165) is 21.5 Å². The Labute approximate surface area is 144 Å². The van der Waals surface area contributed by atoms with Crippen molar-refractivity contribution in [3.05, 3.63) is 89.4 Å². The first-order valence-electron chi connectivity index (χ1n) is 7.60. The molecule has 0 N–H and O–H groups in total. The highest BCUT2D eigenvalue weighted by atomic mass is 35.5. The van der Waals surface area contributed by atoms with E-state index in [1.54, 1.807) is 30.3 Å². The number of fused-ring (bicyclic) bond motifs is 2. The van der Waals surface area contributed by atoms with E-state index in [-0.39, 0.29) is 0 Å². The van der Waals surface area contributed by atoms with Crippen molar-refractivity contribution in [1.29, 1.82) is 0 Å². The zero-order valence-electron chi connectivity index (χ0n) is 12.7. The molecule has 0 heterocycles. The first-order chi connectivity index (χ1) is 11.7. The number of hydrogen-bond donors (Lipinski definition) is 0. The molecule has 4 aromatic carbocycles. The molecule has 0 aromatic heterocycles. The summed E-state index contributed by atoms with van der Waals surface area (Å²) in [6.07, 6.45) is 0. The monoisotopic (exact) mass is 332 g/mol. The maximum atomic E-state index is 12.4. The summed E-state index contributed by atoms with van der Waals surface area (Å²) in [4.78, 5) is 12.4. The minimum Gasteiger partial charge on any atom is -0.422 e. The molecular formula is C21H13ClO2. The molecular weight excluding hydrogens is 320 g/mol. The molecule has 4 rings (SSSR count). The highest BCUT2D eigenvalue weighted by Gasteiger charge is 2.14. The molecule has 0 spiro atoms. The van der Waals surface area contributed by atoms with Gasteiger partial charge in [-0.1, -0.05) is 60.1 Å². The van der Waals surface area contributed by atoms with E-state index in [9.17, 15) is 4.79 Å². The molecule has 0 bridgehead atoms. The van der Waals surface area contributed by atoms with Gasteiger partial charge in [0, 0.05) is 5.39 Å². The van der Waals surface area contributed by atoms with Crippen LogP contribution in [0.2, 0.25) is 5.02 Å². The fraction of sp³-hybridized carbons (Fsp3) is 0. The largest absolute Gasteiger partial charge is 0.422 e. The number of esters is 1. The van der Waals surface area contributed by atoms with Gasteiger partial charge in [0.15, 0.2) is 0 Å². The van der Waals surface area contributed by atoms with Crippen LogP contribution in [0.3, 0.4) is 0 Å². The van der Waals surface area contributed by atoms with Crippen molar-refractivity contribution < 1.29 is 9.53 Å². The van der Waals surface area contributed by atoms with Gasteiger partial charge < -0.3 is 4.74 Å². The molecule has 0 aliphatic carbocycles. The lowest BCUT2D eigenvalue weighted by Crippen LogP contribution is -2.09. The highest BCUT2D eigenvalue weighted by Crippen LogP contribution is 2.31. The summed E-state index contributed by atoms with van der Waals surface area (Å²) in [6, 6.07) is 24.8. The quantitative estimate of drug-likeness (QED) is 0.261. The van der Waals surface area contributed by atoms with Crippen LogP contribution in [0, 0.1) is 0 Å². The van der Waals surface area contributed by atoms with Crippen molar-refractivity contribution in [2.75, 3.05) is 0 Å². The second-order valence-electron chi connectivity index (χ2n) is 5.55. The van der Waals surface area contributed by atoms with Crippen LogP contribution < -0.4 is 4.74 Å². The van der Waals surface area contributed by atoms with Crippen molar-refractivity contribution in [2.45, 2.75) is 0 Å². The number of hydrogen-bond acceptors (Lipinski definition) is 2. The van der Waals surface area contributed by atoms with Crippen LogP contribution in [0.25, 0.3) is 21.5 Å². The summed E-state index contributed by atoms with van der Waals surface area (Å²) in [5, 5.41) is 4.56. The summed E-state index contributed by atoms with van der Waals surface area (Å²) in [5.41, 5.74) is 0.358. The van der Waals surface area contributed by atoms with Crippen molar-refractivity contribution >= 4 is 39.1 Å². The molecule has 2 nitrogen and oxygen atoms in total. The summed E-state index contributed by atoms with van der Waals surface area (Å²) in [5.74, 6) is 0.0735. The first kappa shape index (κ1) is 14.7. The standard InChI is InChI=1S/C21H13ClO2/c22-19-10-4-3-9-17(19)21(23)24-20-11-5-8-16-12-14-6-1-2-7-15(14)13-18(16)20/h1-13H. The van der Waals surface area contributed by atoms with Gasteiger partial charge in [0.25, 0.3) is 0 Å². The Kier molecular flexibility index (Phi) is 3.68. The lowest BCUT2D eigenvalue weighted by molar-refractivity contribution is 0.0737. The Hall–Kier alpha value is -2.84. The van der Waals surface area contributed by atoms with Crippen molar-refractivity contribution in [3.8, 4) is 5.75 Å². The van der Waals surface area contributed by atoms with E-state index in [0.29, 0.717) is 16.3 Å². The minimum absolute atomic E-state index is 0.358. The Morgan fingerprint density at radius 1 is 0.750 bits per heavy atom. The molecule has 0 amide bonds. The fourth-order valence-corrected chi connectivity index (χ4v) is 3.02. The summed E-state index contributed by atoms with van der Waals surface area (Å²) < 4.78 is 5.62. The van der Waals surface area contributed by atoms with E-state index < -0.39 is 5.97 Å². The average molecular weight is 333 g/mol. The fourth-order valence-electron chi connectivity index (χ4n) is 2.81. The second kappa shape index (κ2) is 5.99. The number of ether oxygens (including phenoxy) is 1. The Morgan fingerprint density at radius 3 is 2.21 bits per heavy atom. The van der Waals surface area contributed by atoms with Gasteiger partial charge in [0.2, 0.25) is 0 Å². The topological polar surface area (TPSA) is 26.3 Å². The number of carbonyl (C=O) groups excluding carboxylic acids is 1. The van der Waals surface area contributed by atoms with Gasteiger partial charge in [-0.2, -0.15) is 0 Å². The Bertz CT molecular complexity index is 1070. The molecule has 3 heteroatoms. The first-order valence-corrected chi connectivity index (χ1v) is 7.98. The second-order valence-corrected chi connectivity index (χ2v) is 5.95. The molecule has 0 unspecified atom stereocenters. The highest BCUT2D eigenvalue weighted by molar-refractivity contribution is 6.33. The van der Waals surface area contributed by atoms with Crippen LogP contribution >= 0.6 is 11.6 Å². The van der Waals surface area contributed by atoms with Crippen molar-refractivity contribution in [1.82, 2.24) is 0 Å². The van der Waals surface area contributed by atoms with Crippen LogP contribution in [-0.4, -0.2) is 5.97 Å². The van der Waals surface area contributed by atoms with Gasteiger partial charge in [0.05, 0.1) is 10.6 Å². The van der Waals surface area contributed by atoms with E-state index in [1.807, 2.05) is 36.4 Å². The number of rotatable bonds is 2. The van der Waals surface area contributed by atoms with Crippen LogP contribution in [0.15, 0.2) is 78.9 Å². The van der Waals surface area contributed by atoms with E-state index in [1.165, 1.54) is 0 Å². The zero-order valence-corrected chi connectivity index (χ0v) is 13.5. The van der Waals surface area contributed by atoms with Crippen LogP contribution in [0.1, 0.15) is 10.4 Å². The Morgan fingerprint density at radius 2 is 1.42 bits per heavy atom. The molecule has 4 aromatic rings. The number of carbonyl (C=O) groups is 1. The van der Waals surface area contributed by atoms with E-state index in [2.05, 4.69) is 12.1 Å². The van der Waals surface area contributed by atoms with E-state index >= 15 is 0 Å². The third-order valence-corrected chi connectivity index (χ3v) is 4.33. The lowest BCUT2D eigenvalue weighted by Gasteiger charge is -2.10. The number of benzene rings is 4. The summed E-state index contributed by atoms with van der Waals surface area (Å²) in [6.45, 7) is 0. The average Bonchev–Trinajstić information content (AvgIpc) is 2.61. The molecule has 0 aliphatic rings. The predicted octanol–water partition coefficient (Wildman–Crippen LogP) is 5.87. The Balaban J connectivity index is 1.80. The summed E-state index contributed by atoms with van der Waals surface area (Å²) >= 11 is 6.08. The smallest absolute Gasteiger partial charge is 0.345 e. The molecule has 0 saturated heterocycles. The molecule has 0 aliphatic heterocycles. The third-order valence-electron chi connectivity index (χ3n) is 4.00. The molecule has 0 radical (unpaired) electrons. The number of halogens is 1. The van der Waals surface area contributed by atoms with Crippen LogP contribution in [-0.2, 0) is 0 Å². The molecule has 24 heavy (non-hydrogen) atoms. The summed E-state index contributed by atoms with van der Waals surface area (Å²) in [7, 11) is 0. The van der Waals surface area contributed by atoms with E-state index in [4.69, 9.17) is 16.3 Å².